The summed E-state index contributed by atoms with van der Waals surface area (Å²) in [6.07, 6.45) is 3.33. The Bertz CT molecular complexity index is 1370. The zero-order valence-corrected chi connectivity index (χ0v) is 20.5. The maximum absolute atomic E-state index is 13.5. The molecule has 2 saturated heterocycles. The van der Waals surface area contributed by atoms with Crippen LogP contribution in [-0.4, -0.2) is 58.0 Å². The molecule has 2 aromatic carbocycles. The lowest BCUT2D eigenvalue weighted by atomic mass is 10.1. The number of hydrogen-bond acceptors (Lipinski definition) is 6. The highest BCUT2D eigenvalue weighted by Crippen LogP contribution is 2.33. The maximum atomic E-state index is 13.5. The van der Waals surface area contributed by atoms with E-state index >= 15 is 0 Å². The number of pyridine rings is 1. The van der Waals surface area contributed by atoms with Crippen LogP contribution < -0.4 is 4.90 Å². The molecule has 0 radical (unpaired) electrons. The van der Waals surface area contributed by atoms with E-state index in [2.05, 4.69) is 9.88 Å². The fourth-order valence-electron chi connectivity index (χ4n) is 4.19. The molecule has 3 heterocycles. The summed E-state index contributed by atoms with van der Waals surface area (Å²) >= 11 is 0.781. The van der Waals surface area contributed by atoms with Crippen LogP contribution in [-0.2, 0) is 11.3 Å². The second-order valence-corrected chi connectivity index (χ2v) is 9.60. The van der Waals surface area contributed by atoms with Gasteiger partial charge in [0.25, 0.3) is 17.1 Å². The molecule has 2 fully saturated rings. The first-order valence-electron chi connectivity index (χ1n) is 11.6. The number of aromatic nitrogens is 1. The summed E-state index contributed by atoms with van der Waals surface area (Å²) in [6.45, 7) is 2.41. The second-order valence-electron chi connectivity index (χ2n) is 8.61. The molecule has 188 valence electrons. The van der Waals surface area contributed by atoms with Gasteiger partial charge < -0.3 is 9.80 Å². The largest absolute Gasteiger partial charge is 0.353 e. The molecule has 0 bridgehead atoms. The van der Waals surface area contributed by atoms with Gasteiger partial charge in [-0.25, -0.2) is 13.8 Å². The molecular weight excluding hydrogens is 498 g/mol. The Balaban J connectivity index is 1.21. The van der Waals surface area contributed by atoms with Crippen LogP contribution in [0.25, 0.3) is 6.08 Å². The topological polar surface area (TPSA) is 73.8 Å². The molecule has 0 saturated carbocycles. The van der Waals surface area contributed by atoms with Gasteiger partial charge in [0.15, 0.2) is 11.6 Å². The highest BCUT2D eigenvalue weighted by atomic mass is 32.2. The Morgan fingerprint density at radius 3 is 2.38 bits per heavy atom. The summed E-state index contributed by atoms with van der Waals surface area (Å²) in [5, 5.41) is -0.488. The van der Waals surface area contributed by atoms with Crippen LogP contribution in [0.4, 0.5) is 19.4 Å². The molecule has 5 rings (SSSR count). The van der Waals surface area contributed by atoms with Crippen LogP contribution >= 0.6 is 11.8 Å². The third-order valence-electron chi connectivity index (χ3n) is 6.19. The summed E-state index contributed by atoms with van der Waals surface area (Å²) in [4.78, 5) is 47.6. The number of piperazine rings is 1. The molecule has 0 N–H and O–H groups in total. The first kappa shape index (κ1) is 24.6. The molecule has 2 aliphatic heterocycles. The van der Waals surface area contributed by atoms with Gasteiger partial charge in [0.1, 0.15) is 5.82 Å². The van der Waals surface area contributed by atoms with Gasteiger partial charge in [0.05, 0.1) is 11.4 Å². The van der Waals surface area contributed by atoms with Gasteiger partial charge in [0.2, 0.25) is 0 Å². The number of imide groups is 1. The van der Waals surface area contributed by atoms with Gasteiger partial charge in [-0.2, -0.15) is 0 Å². The van der Waals surface area contributed by atoms with E-state index in [0.717, 1.165) is 34.6 Å². The normalized spacial score (nSPS) is 17.1. The molecule has 1 aromatic heterocycles. The standard InChI is InChI=1S/C27H22F2N4O3S/c28-21-9-6-19(15-22(21)29)17-33-26(35)23(37-27(33)36)16-18-4-7-20(8-5-18)25(34)32-13-11-31(12-14-32)24-3-1-2-10-30-24/h1-10,15-16H,11-14,17H2. The molecule has 37 heavy (non-hydrogen) atoms. The zero-order chi connectivity index (χ0) is 25.9. The Morgan fingerprint density at radius 1 is 0.946 bits per heavy atom. The van der Waals surface area contributed by atoms with Gasteiger partial charge in [0, 0.05) is 37.9 Å². The summed E-state index contributed by atoms with van der Waals surface area (Å²) in [7, 11) is 0. The number of carbonyl (C=O) groups excluding carboxylic acids is 3. The molecule has 0 atom stereocenters. The predicted octanol–water partition coefficient (Wildman–Crippen LogP) is 4.56. The minimum atomic E-state index is -1.04. The number of nitrogens with zero attached hydrogens (tertiary/aromatic N) is 4. The quantitative estimate of drug-likeness (QED) is 0.460. The molecule has 3 aromatic rings. The zero-order valence-electron chi connectivity index (χ0n) is 19.6. The number of rotatable bonds is 5. The Kier molecular flexibility index (Phi) is 7.00. The maximum Gasteiger partial charge on any atom is 0.293 e. The van der Waals surface area contributed by atoms with Gasteiger partial charge in [-0.15, -0.1) is 0 Å². The lowest BCUT2D eigenvalue weighted by molar-refractivity contribution is -0.123. The fraction of sp³-hybridized carbons (Fsp3) is 0.185. The van der Waals surface area contributed by atoms with Crippen LogP contribution in [0, 0.1) is 11.6 Å². The smallest absolute Gasteiger partial charge is 0.293 e. The van der Waals surface area contributed by atoms with Crippen molar-refractivity contribution in [1.82, 2.24) is 14.8 Å². The summed E-state index contributed by atoms with van der Waals surface area (Å²) in [6, 6.07) is 15.9. The van der Waals surface area contributed by atoms with E-state index in [9.17, 15) is 23.2 Å². The van der Waals surface area contributed by atoms with Crippen molar-refractivity contribution in [2.75, 3.05) is 31.1 Å². The van der Waals surface area contributed by atoms with Gasteiger partial charge in [-0.1, -0.05) is 24.3 Å². The number of thioether (sulfide) groups is 1. The molecule has 0 unspecified atom stereocenters. The van der Waals surface area contributed by atoms with Crippen LogP contribution in [0.3, 0.4) is 0 Å². The lowest BCUT2D eigenvalue weighted by Gasteiger charge is -2.35. The van der Waals surface area contributed by atoms with E-state index < -0.39 is 22.8 Å². The number of halogens is 2. The third-order valence-corrected chi connectivity index (χ3v) is 7.10. The first-order valence-corrected chi connectivity index (χ1v) is 12.5. The van der Waals surface area contributed by atoms with Crippen LogP contribution in [0.2, 0.25) is 0 Å². The highest BCUT2D eigenvalue weighted by Gasteiger charge is 2.35. The van der Waals surface area contributed by atoms with Crippen molar-refractivity contribution >= 4 is 40.7 Å². The Morgan fingerprint density at radius 2 is 1.70 bits per heavy atom. The average molecular weight is 521 g/mol. The minimum absolute atomic E-state index is 0.0703. The van der Waals surface area contributed by atoms with Gasteiger partial charge in [-0.05, 0) is 65.4 Å². The van der Waals surface area contributed by atoms with Crippen molar-refractivity contribution in [3.8, 4) is 0 Å². The van der Waals surface area contributed by atoms with Crippen LogP contribution in [0.1, 0.15) is 21.5 Å². The number of carbonyl (C=O) groups is 3. The molecule has 10 heteroatoms. The number of anilines is 1. The minimum Gasteiger partial charge on any atom is -0.353 e. The van der Waals surface area contributed by atoms with Crippen molar-refractivity contribution in [2.45, 2.75) is 6.54 Å². The Hall–Kier alpha value is -4.05. The number of benzene rings is 2. The van der Waals surface area contributed by atoms with E-state index in [0.29, 0.717) is 42.9 Å². The molecular formula is C27H22F2N4O3S. The number of amides is 3. The molecule has 7 nitrogen and oxygen atoms in total. The number of hydrogen-bond donors (Lipinski definition) is 0. The van der Waals surface area contributed by atoms with Crippen molar-refractivity contribution in [3.63, 3.8) is 0 Å². The van der Waals surface area contributed by atoms with Crippen LogP contribution in [0.5, 0.6) is 0 Å². The first-order chi connectivity index (χ1) is 17.9. The van der Waals surface area contributed by atoms with Crippen molar-refractivity contribution < 1.29 is 23.2 Å². The lowest BCUT2D eigenvalue weighted by Crippen LogP contribution is -2.49. The molecule has 0 spiro atoms. The van der Waals surface area contributed by atoms with E-state index in [4.69, 9.17) is 0 Å². The van der Waals surface area contributed by atoms with Crippen LogP contribution in [0.15, 0.2) is 71.8 Å². The van der Waals surface area contributed by atoms with Gasteiger partial charge >= 0.3 is 0 Å². The third kappa shape index (κ3) is 5.39. The van der Waals surface area contributed by atoms with E-state index in [1.165, 1.54) is 6.07 Å². The van der Waals surface area contributed by atoms with E-state index in [1.807, 2.05) is 18.2 Å². The summed E-state index contributed by atoms with van der Waals surface area (Å²) < 4.78 is 26.7. The SMILES string of the molecule is O=C(c1ccc(C=C2SC(=O)N(Cc3ccc(F)c(F)c3)C2=O)cc1)N1CCN(c2ccccn2)CC1. The average Bonchev–Trinajstić information content (AvgIpc) is 3.18. The van der Waals surface area contributed by atoms with E-state index in [1.54, 1.807) is 41.4 Å². The Labute approximate surface area is 216 Å². The van der Waals surface area contributed by atoms with Crippen molar-refractivity contribution in [2.24, 2.45) is 0 Å². The molecule has 3 amide bonds. The van der Waals surface area contributed by atoms with Crippen molar-refractivity contribution in [3.05, 3.63) is 100 Å². The summed E-state index contributed by atoms with van der Waals surface area (Å²) in [5.74, 6) is -1.71. The second kappa shape index (κ2) is 10.5. The monoisotopic (exact) mass is 520 g/mol. The van der Waals surface area contributed by atoms with E-state index in [-0.39, 0.29) is 17.4 Å². The fourth-order valence-corrected chi connectivity index (χ4v) is 5.03. The van der Waals surface area contributed by atoms with Crippen molar-refractivity contribution in [1.29, 1.82) is 0 Å². The summed E-state index contributed by atoms with van der Waals surface area (Å²) in [5.41, 5.74) is 1.51. The highest BCUT2D eigenvalue weighted by molar-refractivity contribution is 8.18. The molecule has 2 aliphatic rings. The molecule has 0 aliphatic carbocycles. The predicted molar refractivity (Wildman–Crippen MR) is 137 cm³/mol. The van der Waals surface area contributed by atoms with Gasteiger partial charge in [-0.3, -0.25) is 19.3 Å².